The highest BCUT2D eigenvalue weighted by molar-refractivity contribution is 5.36. The van der Waals surface area contributed by atoms with E-state index in [4.69, 9.17) is 5.11 Å². The van der Waals surface area contributed by atoms with E-state index in [0.717, 1.165) is 0 Å². The van der Waals surface area contributed by atoms with Crippen molar-refractivity contribution in [3.8, 4) is 5.75 Å². The molecule has 2 nitrogen and oxygen atoms in total. The van der Waals surface area contributed by atoms with Gasteiger partial charge in [0.25, 0.3) is 0 Å². The fourth-order valence-corrected chi connectivity index (χ4v) is 1.05. The Balaban J connectivity index is 2.83. The smallest absolute Gasteiger partial charge is 0.406 e. The number of halogens is 3. The summed E-state index contributed by atoms with van der Waals surface area (Å²) in [5.41, 5.74) is 0.527. The van der Waals surface area contributed by atoms with Crippen LogP contribution in [0.15, 0.2) is 24.3 Å². The Hall–Kier alpha value is -1.23. The van der Waals surface area contributed by atoms with Gasteiger partial charge in [-0.15, -0.1) is 13.2 Å². The molecule has 0 aliphatic rings. The van der Waals surface area contributed by atoms with Crippen molar-refractivity contribution >= 4 is 0 Å². The van der Waals surface area contributed by atoms with Crippen molar-refractivity contribution in [2.24, 2.45) is 0 Å². The lowest BCUT2D eigenvalue weighted by Gasteiger charge is -2.12. The summed E-state index contributed by atoms with van der Waals surface area (Å²) >= 11 is 0. The molecule has 0 aromatic heterocycles. The van der Waals surface area contributed by atoms with E-state index in [9.17, 15) is 13.2 Å². The Kier molecular flexibility index (Phi) is 3.57. The van der Waals surface area contributed by atoms with E-state index in [-0.39, 0.29) is 12.4 Å². The summed E-state index contributed by atoms with van der Waals surface area (Å²) in [5, 5.41) is 8.81. The molecule has 1 aromatic rings. The predicted molar refractivity (Wildman–Crippen MR) is 48.2 cm³/mol. The molecule has 0 unspecified atom stereocenters. The Bertz CT molecular complexity index is 323. The van der Waals surface area contributed by atoms with Gasteiger partial charge in [0.2, 0.25) is 0 Å². The number of ether oxygens (including phenoxy) is 1. The number of aliphatic hydroxyl groups is 1. The van der Waals surface area contributed by atoms with Crippen molar-refractivity contribution in [2.75, 3.05) is 6.61 Å². The highest BCUT2D eigenvalue weighted by Gasteiger charge is 2.31. The minimum atomic E-state index is -4.69. The zero-order valence-electron chi connectivity index (χ0n) is 8.01. The largest absolute Gasteiger partial charge is 0.573 e. The van der Waals surface area contributed by atoms with Gasteiger partial charge >= 0.3 is 6.36 Å². The van der Waals surface area contributed by atoms with Crippen molar-refractivity contribution in [1.29, 1.82) is 0 Å². The van der Waals surface area contributed by atoms with Crippen LogP contribution in [0.2, 0.25) is 0 Å². The zero-order valence-corrected chi connectivity index (χ0v) is 8.01. The minimum absolute atomic E-state index is 0.199. The zero-order chi connectivity index (χ0) is 11.5. The molecule has 1 radical (unpaired) electrons. The molecule has 0 fully saturated rings. The first-order chi connectivity index (χ1) is 6.92. The number of hydrogen-bond acceptors (Lipinski definition) is 2. The van der Waals surface area contributed by atoms with Gasteiger partial charge in [-0.2, -0.15) is 0 Å². The Morgan fingerprint density at radius 1 is 1.40 bits per heavy atom. The lowest BCUT2D eigenvalue weighted by atomic mass is 10.0. The van der Waals surface area contributed by atoms with Crippen LogP contribution < -0.4 is 4.74 Å². The van der Waals surface area contributed by atoms with Gasteiger partial charge < -0.3 is 9.84 Å². The van der Waals surface area contributed by atoms with Gasteiger partial charge in [0, 0.05) is 5.92 Å². The van der Waals surface area contributed by atoms with E-state index >= 15 is 0 Å². The highest BCUT2D eigenvalue weighted by Crippen LogP contribution is 2.25. The molecule has 0 saturated carbocycles. The first kappa shape index (κ1) is 11.8. The summed E-state index contributed by atoms with van der Waals surface area (Å²) < 4.78 is 39.4. The Morgan fingerprint density at radius 3 is 2.60 bits per heavy atom. The number of aliphatic hydroxyl groups excluding tert-OH is 1. The van der Waals surface area contributed by atoms with Crippen LogP contribution in [0, 0.1) is 5.92 Å². The van der Waals surface area contributed by atoms with Crippen LogP contribution in [0.5, 0.6) is 5.75 Å². The molecule has 0 aliphatic heterocycles. The normalized spacial score (nSPS) is 11.9. The van der Waals surface area contributed by atoms with Crippen molar-refractivity contribution in [3.05, 3.63) is 35.7 Å². The van der Waals surface area contributed by atoms with Crippen molar-refractivity contribution in [2.45, 2.75) is 13.3 Å². The van der Waals surface area contributed by atoms with Crippen LogP contribution in [0.1, 0.15) is 12.5 Å². The minimum Gasteiger partial charge on any atom is -0.406 e. The molecule has 1 N–H and O–H groups in total. The van der Waals surface area contributed by atoms with E-state index in [1.165, 1.54) is 18.2 Å². The van der Waals surface area contributed by atoms with E-state index in [2.05, 4.69) is 4.74 Å². The molecule has 0 aliphatic carbocycles. The van der Waals surface area contributed by atoms with E-state index < -0.39 is 6.36 Å². The predicted octanol–water partition coefficient (Wildman–Crippen LogP) is 2.52. The maximum absolute atomic E-state index is 11.9. The van der Waals surface area contributed by atoms with Crippen molar-refractivity contribution < 1.29 is 23.0 Å². The third-order valence-electron chi connectivity index (χ3n) is 1.80. The van der Waals surface area contributed by atoms with Crippen LogP contribution in [0.25, 0.3) is 0 Å². The summed E-state index contributed by atoms with van der Waals surface area (Å²) in [6, 6.07) is 5.49. The fourth-order valence-electron chi connectivity index (χ4n) is 1.05. The molecule has 15 heavy (non-hydrogen) atoms. The average Bonchev–Trinajstić information content (AvgIpc) is 2.14. The second-order valence-electron chi connectivity index (χ2n) is 3.01. The third kappa shape index (κ3) is 3.79. The maximum atomic E-state index is 11.9. The second-order valence-corrected chi connectivity index (χ2v) is 3.01. The van der Waals surface area contributed by atoms with Gasteiger partial charge in [-0.3, -0.25) is 0 Å². The van der Waals surface area contributed by atoms with Crippen LogP contribution in [-0.4, -0.2) is 18.1 Å². The van der Waals surface area contributed by atoms with Gasteiger partial charge in [0.1, 0.15) is 5.75 Å². The summed E-state index contributed by atoms with van der Waals surface area (Å²) in [6.07, 6.45) is -4.69. The van der Waals surface area contributed by atoms with E-state index in [1.807, 2.05) is 0 Å². The van der Waals surface area contributed by atoms with Gasteiger partial charge in [-0.1, -0.05) is 19.1 Å². The van der Waals surface area contributed by atoms with Crippen LogP contribution in [0.3, 0.4) is 0 Å². The molecule has 0 amide bonds. The first-order valence-electron chi connectivity index (χ1n) is 4.22. The van der Waals surface area contributed by atoms with Crippen LogP contribution >= 0.6 is 0 Å². The summed E-state index contributed by atoms with van der Waals surface area (Å²) in [6.45, 7) is 1.43. The average molecular weight is 219 g/mol. The molecule has 1 rings (SSSR count). The molecule has 0 bridgehead atoms. The molecule has 5 heteroatoms. The third-order valence-corrected chi connectivity index (χ3v) is 1.80. The van der Waals surface area contributed by atoms with Crippen molar-refractivity contribution in [1.82, 2.24) is 0 Å². The SMILES string of the molecule is C[C](CO)c1cccc(OC(F)(F)F)c1. The first-order valence-corrected chi connectivity index (χ1v) is 4.22. The maximum Gasteiger partial charge on any atom is 0.573 e. The van der Waals surface area contributed by atoms with Gasteiger partial charge in [0.15, 0.2) is 0 Å². The molecule has 0 heterocycles. The summed E-state index contributed by atoms with van der Waals surface area (Å²) in [4.78, 5) is 0. The number of alkyl halides is 3. The van der Waals surface area contributed by atoms with Crippen LogP contribution in [-0.2, 0) is 0 Å². The molecule has 0 atom stereocenters. The highest BCUT2D eigenvalue weighted by atomic mass is 19.4. The quantitative estimate of drug-likeness (QED) is 0.846. The lowest BCUT2D eigenvalue weighted by molar-refractivity contribution is -0.274. The standard InChI is InChI=1S/C10H10F3O2/c1-7(6-14)8-3-2-4-9(5-8)15-10(11,12)13/h2-5,14H,6H2,1H3. The van der Waals surface area contributed by atoms with E-state index in [1.54, 1.807) is 13.0 Å². The molecular formula is C10H10F3O2. The van der Waals surface area contributed by atoms with Crippen molar-refractivity contribution in [3.63, 3.8) is 0 Å². The number of hydrogen-bond donors (Lipinski definition) is 1. The van der Waals surface area contributed by atoms with E-state index in [0.29, 0.717) is 11.5 Å². The molecule has 0 saturated heterocycles. The second kappa shape index (κ2) is 4.53. The lowest BCUT2D eigenvalue weighted by Crippen LogP contribution is -2.17. The molecular weight excluding hydrogens is 209 g/mol. The molecule has 0 spiro atoms. The number of benzene rings is 1. The number of rotatable bonds is 3. The Morgan fingerprint density at radius 2 is 2.07 bits per heavy atom. The summed E-state index contributed by atoms with van der Waals surface area (Å²) in [7, 11) is 0. The van der Waals surface area contributed by atoms with Gasteiger partial charge in [-0.25, -0.2) is 0 Å². The fraction of sp³-hybridized carbons (Fsp3) is 0.300. The topological polar surface area (TPSA) is 29.5 Å². The van der Waals surface area contributed by atoms with Crippen LogP contribution in [0.4, 0.5) is 13.2 Å². The molecule has 1 aromatic carbocycles. The molecule has 83 valence electrons. The van der Waals surface area contributed by atoms with Gasteiger partial charge in [-0.05, 0) is 17.7 Å². The summed E-state index contributed by atoms with van der Waals surface area (Å²) in [5.74, 6) is 0.301. The monoisotopic (exact) mass is 219 g/mol. The van der Waals surface area contributed by atoms with Gasteiger partial charge in [0.05, 0.1) is 6.61 Å². The Labute approximate surface area is 85.3 Å².